The van der Waals surface area contributed by atoms with Gasteiger partial charge in [-0.05, 0) is 71.9 Å². The van der Waals surface area contributed by atoms with E-state index in [4.69, 9.17) is 20.8 Å². The number of carbonyl (C=O) groups excluding carboxylic acids is 2. The van der Waals surface area contributed by atoms with Crippen LogP contribution in [0.4, 0.5) is 5.69 Å². The Labute approximate surface area is 232 Å². The zero-order valence-electron chi connectivity index (χ0n) is 23.4. The van der Waals surface area contributed by atoms with Gasteiger partial charge in [0.15, 0.2) is 8.32 Å². The maximum atomic E-state index is 12.8. The second kappa shape index (κ2) is 12.3. The molecule has 0 aliphatic carbocycles. The molecule has 1 amide bonds. The molecule has 0 spiro atoms. The third kappa shape index (κ3) is 7.79. The lowest BCUT2D eigenvalue weighted by Crippen LogP contribution is -2.41. The minimum Gasteiger partial charge on any atom is -0.465 e. The third-order valence-electron chi connectivity index (χ3n) is 7.15. The number of esters is 1. The number of ether oxygens (including phenoxy) is 1. The van der Waals surface area contributed by atoms with Crippen LogP contribution in [0, 0.1) is 0 Å². The van der Waals surface area contributed by atoms with Gasteiger partial charge in [0.25, 0.3) is 0 Å². The quantitative estimate of drug-likeness (QED) is 0.216. The van der Waals surface area contributed by atoms with Gasteiger partial charge in [0.2, 0.25) is 5.91 Å². The van der Waals surface area contributed by atoms with Gasteiger partial charge in [-0.3, -0.25) is 4.79 Å². The zero-order chi connectivity index (χ0) is 28.1. The molecule has 3 aromatic carbocycles. The van der Waals surface area contributed by atoms with Gasteiger partial charge in [-0.25, -0.2) is 4.79 Å². The molecule has 0 fully saturated rings. The topological polar surface area (TPSA) is 64.6 Å². The van der Waals surface area contributed by atoms with Crippen LogP contribution in [0.15, 0.2) is 66.7 Å². The monoisotopic (exact) mass is 551 g/mol. The van der Waals surface area contributed by atoms with Crippen molar-refractivity contribution in [3.05, 3.63) is 99.6 Å². The lowest BCUT2D eigenvalue weighted by atomic mass is 10.00. The van der Waals surface area contributed by atoms with E-state index < -0.39 is 14.3 Å². The van der Waals surface area contributed by atoms with Gasteiger partial charge in [0, 0.05) is 5.02 Å². The number of nitrogens with one attached hydrogen (secondary N) is 1. The van der Waals surface area contributed by atoms with Crippen molar-refractivity contribution in [1.82, 2.24) is 0 Å². The molecule has 5 nitrogen and oxygen atoms in total. The number of hydrogen-bond acceptors (Lipinski definition) is 4. The van der Waals surface area contributed by atoms with E-state index in [1.165, 1.54) is 24.3 Å². The number of halogens is 1. The number of anilines is 1. The summed E-state index contributed by atoms with van der Waals surface area (Å²) in [6, 6.07) is 21.2. The number of methoxy groups -OCH3 is 1. The van der Waals surface area contributed by atoms with Crippen LogP contribution in [0.3, 0.4) is 0 Å². The lowest BCUT2D eigenvalue weighted by molar-refractivity contribution is -0.115. The summed E-state index contributed by atoms with van der Waals surface area (Å²) >= 11 is 6.07. The fraction of sp³-hybridized carbons (Fsp3) is 0.355. The van der Waals surface area contributed by atoms with Gasteiger partial charge < -0.3 is 14.5 Å². The predicted molar refractivity (Wildman–Crippen MR) is 158 cm³/mol. The predicted octanol–water partition coefficient (Wildman–Crippen LogP) is 7.98. The van der Waals surface area contributed by atoms with Crippen molar-refractivity contribution >= 4 is 37.5 Å². The summed E-state index contributed by atoms with van der Waals surface area (Å²) in [5, 5.41) is 3.38. The molecule has 38 heavy (non-hydrogen) atoms. The van der Waals surface area contributed by atoms with Gasteiger partial charge in [-0.2, -0.15) is 0 Å². The van der Waals surface area contributed by atoms with Crippen LogP contribution < -0.4 is 5.32 Å². The van der Waals surface area contributed by atoms with Crippen LogP contribution in [-0.2, 0) is 26.8 Å². The normalized spacial score (nSPS) is 12.6. The smallest absolute Gasteiger partial charge is 0.339 e. The molecule has 3 aromatic rings. The van der Waals surface area contributed by atoms with Crippen molar-refractivity contribution in [3.63, 3.8) is 0 Å². The molecule has 0 aromatic heterocycles. The Balaban J connectivity index is 1.65. The molecule has 1 N–H and O–H groups in total. The average molecular weight is 552 g/mol. The largest absolute Gasteiger partial charge is 0.465 e. The van der Waals surface area contributed by atoms with Crippen molar-refractivity contribution in [1.29, 1.82) is 0 Å². The van der Waals surface area contributed by atoms with E-state index in [1.54, 1.807) is 12.1 Å². The van der Waals surface area contributed by atoms with E-state index in [-0.39, 0.29) is 29.0 Å². The van der Waals surface area contributed by atoms with Gasteiger partial charge in [0.05, 0.1) is 30.9 Å². The summed E-state index contributed by atoms with van der Waals surface area (Å²) in [6.07, 6.45) is 0.974. The van der Waals surface area contributed by atoms with Crippen molar-refractivity contribution in [3.8, 4) is 0 Å². The first-order valence-corrected chi connectivity index (χ1v) is 16.1. The van der Waals surface area contributed by atoms with Crippen LogP contribution in [0.5, 0.6) is 0 Å². The molecule has 1 atom stereocenters. The minimum absolute atomic E-state index is 0.0472. The van der Waals surface area contributed by atoms with E-state index in [9.17, 15) is 9.59 Å². The average Bonchev–Trinajstić information content (AvgIpc) is 2.83. The Morgan fingerprint density at radius 2 is 1.61 bits per heavy atom. The molecule has 0 bridgehead atoms. The first-order valence-electron chi connectivity index (χ1n) is 12.8. The van der Waals surface area contributed by atoms with Crippen LogP contribution >= 0.6 is 11.6 Å². The summed E-state index contributed by atoms with van der Waals surface area (Å²) in [7, 11) is -0.549. The molecule has 3 rings (SSSR count). The summed E-state index contributed by atoms with van der Waals surface area (Å²) < 4.78 is 11.3. The number of carbonyl (C=O) groups is 2. The second-order valence-electron chi connectivity index (χ2n) is 11.2. The van der Waals surface area contributed by atoms with Gasteiger partial charge in [0.1, 0.15) is 0 Å². The van der Waals surface area contributed by atoms with E-state index in [1.807, 2.05) is 18.2 Å². The molecular formula is C31H38ClNO4Si. The van der Waals surface area contributed by atoms with Crippen LogP contribution in [0.2, 0.25) is 23.2 Å². The Kier molecular flexibility index (Phi) is 9.58. The second-order valence-corrected chi connectivity index (χ2v) is 16.4. The lowest BCUT2D eigenvalue weighted by Gasteiger charge is -2.38. The molecule has 0 heterocycles. The maximum absolute atomic E-state index is 12.8. The molecule has 0 saturated heterocycles. The summed E-state index contributed by atoms with van der Waals surface area (Å²) in [5.41, 5.74) is 4.96. The Hall–Kier alpha value is -2.93. The van der Waals surface area contributed by atoms with Crippen LogP contribution in [-0.4, -0.2) is 27.3 Å². The zero-order valence-corrected chi connectivity index (χ0v) is 25.1. The van der Waals surface area contributed by atoms with E-state index >= 15 is 0 Å². The number of benzene rings is 3. The third-order valence-corrected chi connectivity index (χ3v) is 11.9. The Bertz CT molecular complexity index is 1280. The van der Waals surface area contributed by atoms with E-state index in [2.05, 4.69) is 76.4 Å². The highest BCUT2D eigenvalue weighted by Gasteiger charge is 2.38. The molecule has 7 heteroatoms. The number of amides is 1. The molecule has 202 valence electrons. The molecule has 1 unspecified atom stereocenters. The molecule has 0 aliphatic rings. The van der Waals surface area contributed by atoms with Gasteiger partial charge in [-0.15, -0.1) is 0 Å². The Morgan fingerprint density at radius 3 is 2.24 bits per heavy atom. The van der Waals surface area contributed by atoms with Crippen molar-refractivity contribution in [2.75, 3.05) is 12.4 Å². The van der Waals surface area contributed by atoms with E-state index in [0.29, 0.717) is 10.7 Å². The molecular weight excluding hydrogens is 514 g/mol. The fourth-order valence-electron chi connectivity index (χ4n) is 3.97. The van der Waals surface area contributed by atoms with Crippen LogP contribution in [0.25, 0.3) is 0 Å². The summed E-state index contributed by atoms with van der Waals surface area (Å²) in [5.74, 6) is -0.777. The van der Waals surface area contributed by atoms with Crippen molar-refractivity contribution in [2.45, 2.75) is 64.8 Å². The van der Waals surface area contributed by atoms with Gasteiger partial charge in [-0.1, -0.05) is 80.9 Å². The molecule has 0 saturated carbocycles. The van der Waals surface area contributed by atoms with Gasteiger partial charge >= 0.3 is 5.97 Å². The van der Waals surface area contributed by atoms with Crippen LogP contribution in [0.1, 0.15) is 66.4 Å². The number of rotatable bonds is 9. The highest BCUT2D eigenvalue weighted by atomic mass is 35.5. The highest BCUT2D eigenvalue weighted by molar-refractivity contribution is 6.74. The molecule has 0 radical (unpaired) electrons. The number of hydrogen-bond donors (Lipinski definition) is 1. The summed E-state index contributed by atoms with van der Waals surface area (Å²) in [6.45, 7) is 13.4. The maximum Gasteiger partial charge on any atom is 0.339 e. The Morgan fingerprint density at radius 1 is 0.947 bits per heavy atom. The van der Waals surface area contributed by atoms with E-state index in [0.717, 1.165) is 17.5 Å². The first-order chi connectivity index (χ1) is 17.8. The SMILES string of the molecule is COC(=O)c1ccc(Cl)cc1NC(=O)Cc1cccc(Cc2ccc(C(C)O[Si](C)(C)C(C)(C)C)cc2)c1. The summed E-state index contributed by atoms with van der Waals surface area (Å²) in [4.78, 5) is 24.8. The van der Waals surface area contributed by atoms with Crippen molar-refractivity contribution < 1.29 is 18.8 Å². The molecule has 0 aliphatic heterocycles. The fourth-order valence-corrected chi connectivity index (χ4v) is 5.51. The highest BCUT2D eigenvalue weighted by Crippen LogP contribution is 2.39. The first kappa shape index (κ1) is 29.6. The standard InChI is InChI=1S/C31H38ClNO4Si/c1-21(37-38(6,7)31(2,3)4)25-13-11-22(12-14-25)17-23-9-8-10-24(18-23)19-29(34)33-28-20-26(32)15-16-27(28)30(35)36-5/h8-16,18,20-21H,17,19H2,1-7H3,(H,33,34). The van der Waals surface area contributed by atoms with Crippen molar-refractivity contribution in [2.24, 2.45) is 0 Å². The minimum atomic E-state index is -1.85.